The molecule has 1 N–H and O–H groups in total. The second-order valence-electron chi connectivity index (χ2n) is 12.4. The van der Waals surface area contributed by atoms with Crippen molar-refractivity contribution in [3.63, 3.8) is 0 Å². The van der Waals surface area contributed by atoms with E-state index in [9.17, 15) is 4.79 Å². The molecule has 3 fully saturated rings. The number of nitrogens with zero attached hydrogens (tertiary/aromatic N) is 2. The van der Waals surface area contributed by atoms with Crippen LogP contribution in [0.4, 0.5) is 4.79 Å². The quantitative estimate of drug-likeness (QED) is 0.523. The SMILES string of the molecule is CC(C)(C)OC(=O)N1[C@@H](c2nc3c(ccc4cc(B5OC(C)(C)C(C)(C)O5)ccc43)[nH]2)C[C@H]2C[C@H]21. The number of aromatic amines is 1. The van der Waals surface area contributed by atoms with Gasteiger partial charge in [-0.25, -0.2) is 9.78 Å². The number of hydrogen-bond donors (Lipinski definition) is 1. The summed E-state index contributed by atoms with van der Waals surface area (Å²) in [4.78, 5) is 23.4. The van der Waals surface area contributed by atoms with Gasteiger partial charge in [-0.3, -0.25) is 4.90 Å². The molecule has 3 aliphatic rings. The Kier molecular flexibility index (Phi) is 4.72. The lowest BCUT2D eigenvalue weighted by Gasteiger charge is -2.32. The van der Waals surface area contributed by atoms with E-state index in [0.717, 1.165) is 45.9 Å². The lowest BCUT2D eigenvalue weighted by Crippen LogP contribution is -2.41. The number of benzene rings is 2. The maximum Gasteiger partial charge on any atom is 0.494 e. The summed E-state index contributed by atoms with van der Waals surface area (Å²) >= 11 is 0. The molecule has 2 saturated heterocycles. The zero-order chi connectivity index (χ0) is 24.9. The van der Waals surface area contributed by atoms with Gasteiger partial charge in [0.05, 0.1) is 28.3 Å². The lowest BCUT2D eigenvalue weighted by atomic mass is 9.78. The Hall–Kier alpha value is -2.58. The van der Waals surface area contributed by atoms with Crippen molar-refractivity contribution in [3.05, 3.63) is 36.2 Å². The van der Waals surface area contributed by atoms with Crippen molar-refractivity contribution in [2.24, 2.45) is 5.92 Å². The van der Waals surface area contributed by atoms with Crippen LogP contribution in [0.25, 0.3) is 21.8 Å². The summed E-state index contributed by atoms with van der Waals surface area (Å²) in [5, 5.41) is 2.15. The molecule has 0 radical (unpaired) electrons. The van der Waals surface area contributed by atoms with Crippen LogP contribution in [0.1, 0.15) is 73.2 Å². The molecule has 7 nitrogen and oxygen atoms in total. The molecule has 0 unspecified atom stereocenters. The summed E-state index contributed by atoms with van der Waals surface area (Å²) in [6.45, 7) is 14.0. The van der Waals surface area contributed by atoms with Gasteiger partial charge in [-0.15, -0.1) is 0 Å². The van der Waals surface area contributed by atoms with Crippen LogP contribution in [0.15, 0.2) is 30.3 Å². The summed E-state index contributed by atoms with van der Waals surface area (Å²) < 4.78 is 18.2. The fourth-order valence-corrected chi connectivity index (χ4v) is 5.40. The van der Waals surface area contributed by atoms with Crippen molar-refractivity contribution < 1.29 is 18.8 Å². The van der Waals surface area contributed by atoms with Gasteiger partial charge in [0.15, 0.2) is 0 Å². The van der Waals surface area contributed by atoms with Crippen molar-refractivity contribution in [2.75, 3.05) is 0 Å². The lowest BCUT2D eigenvalue weighted by molar-refractivity contribution is 0.00578. The minimum Gasteiger partial charge on any atom is -0.444 e. The first kappa shape index (κ1) is 22.9. The highest BCUT2D eigenvalue weighted by atomic mass is 16.7. The highest BCUT2D eigenvalue weighted by molar-refractivity contribution is 6.62. The Morgan fingerprint density at radius 2 is 1.83 bits per heavy atom. The fraction of sp³-hybridized carbons (Fsp3) is 0.556. The first-order chi connectivity index (χ1) is 16.3. The molecule has 35 heavy (non-hydrogen) atoms. The predicted octanol–water partition coefficient (Wildman–Crippen LogP) is 5.09. The molecule has 0 bridgehead atoms. The normalized spacial score (nSPS) is 27.0. The van der Waals surface area contributed by atoms with Crippen LogP contribution < -0.4 is 5.46 Å². The standard InChI is InChI=1S/C27H34BN3O4/c1-25(2,3)33-24(32)31-20-13-16(20)14-21(31)23-29-19-11-8-15-12-17(9-10-18(15)22(19)30-23)28-34-26(4,5)27(6,7)35-28/h8-12,16,20-21H,13-14H2,1-7H3,(H,29,30)/t16-,20-,21-/m1/s1. The zero-order valence-corrected chi connectivity index (χ0v) is 21.6. The number of likely N-dealkylation sites (tertiary alicyclic amines) is 1. The number of rotatable bonds is 2. The number of H-pyrrole nitrogens is 1. The van der Waals surface area contributed by atoms with Gasteiger partial charge < -0.3 is 19.0 Å². The molecule has 1 aliphatic carbocycles. The summed E-state index contributed by atoms with van der Waals surface area (Å²) in [5.41, 5.74) is 1.61. The Morgan fingerprint density at radius 1 is 1.11 bits per heavy atom. The van der Waals surface area contributed by atoms with E-state index in [1.165, 1.54) is 0 Å². The number of carbonyl (C=O) groups excluding carboxylic acids is 1. The van der Waals surface area contributed by atoms with Crippen molar-refractivity contribution in [1.29, 1.82) is 0 Å². The van der Waals surface area contributed by atoms with E-state index in [0.29, 0.717) is 5.92 Å². The molecular weight excluding hydrogens is 441 g/mol. The van der Waals surface area contributed by atoms with Crippen LogP contribution in [0.5, 0.6) is 0 Å². The number of fused-ring (bicyclic) bond motifs is 4. The molecule has 2 aliphatic heterocycles. The summed E-state index contributed by atoms with van der Waals surface area (Å²) in [6, 6.07) is 10.6. The van der Waals surface area contributed by atoms with E-state index < -0.39 is 12.7 Å². The third-order valence-corrected chi connectivity index (χ3v) is 8.06. The molecule has 8 heteroatoms. The van der Waals surface area contributed by atoms with Crippen molar-refractivity contribution in [2.45, 2.75) is 90.2 Å². The minimum atomic E-state index is -0.520. The molecule has 6 rings (SSSR count). The second kappa shape index (κ2) is 7.23. The average Bonchev–Trinajstić information content (AvgIpc) is 3.12. The number of imidazole rings is 1. The second-order valence-corrected chi connectivity index (χ2v) is 12.4. The van der Waals surface area contributed by atoms with Gasteiger partial charge in [-0.1, -0.05) is 24.3 Å². The molecular formula is C27H34BN3O4. The Balaban J connectivity index is 1.32. The molecule has 2 aromatic carbocycles. The first-order valence-electron chi connectivity index (χ1n) is 12.6. The molecule has 184 valence electrons. The highest BCUT2D eigenvalue weighted by Gasteiger charge is 2.56. The van der Waals surface area contributed by atoms with E-state index in [2.05, 4.69) is 63.0 Å². The monoisotopic (exact) mass is 475 g/mol. The first-order valence-corrected chi connectivity index (χ1v) is 12.6. The van der Waals surface area contributed by atoms with Crippen molar-refractivity contribution >= 4 is 40.5 Å². The van der Waals surface area contributed by atoms with E-state index in [1.807, 2.05) is 25.7 Å². The zero-order valence-electron chi connectivity index (χ0n) is 21.6. The largest absolute Gasteiger partial charge is 0.494 e. The van der Waals surface area contributed by atoms with Crippen LogP contribution in [0.2, 0.25) is 0 Å². The number of aromatic nitrogens is 2. The van der Waals surface area contributed by atoms with Gasteiger partial charge >= 0.3 is 13.2 Å². The van der Waals surface area contributed by atoms with Crippen molar-refractivity contribution in [1.82, 2.24) is 14.9 Å². The summed E-state index contributed by atoms with van der Waals surface area (Å²) in [5.74, 6) is 1.38. The Morgan fingerprint density at radius 3 is 2.51 bits per heavy atom. The number of nitrogens with one attached hydrogen (secondary N) is 1. The summed E-state index contributed by atoms with van der Waals surface area (Å²) in [7, 11) is -0.401. The molecule has 0 spiro atoms. The average molecular weight is 475 g/mol. The van der Waals surface area contributed by atoms with Crippen LogP contribution in [0, 0.1) is 5.92 Å². The van der Waals surface area contributed by atoms with Crippen LogP contribution in [0.3, 0.4) is 0 Å². The summed E-state index contributed by atoms with van der Waals surface area (Å²) in [6.07, 6.45) is 1.74. The van der Waals surface area contributed by atoms with E-state index >= 15 is 0 Å². The Bertz CT molecular complexity index is 1330. The smallest absolute Gasteiger partial charge is 0.444 e. The van der Waals surface area contributed by atoms with E-state index in [1.54, 1.807) is 0 Å². The number of carbonyl (C=O) groups is 1. The van der Waals surface area contributed by atoms with Gasteiger partial charge in [0.2, 0.25) is 0 Å². The number of hydrogen-bond acceptors (Lipinski definition) is 5. The molecule has 3 aromatic rings. The molecule has 1 aromatic heterocycles. The van der Waals surface area contributed by atoms with Crippen LogP contribution in [-0.4, -0.2) is 50.9 Å². The maximum absolute atomic E-state index is 13.0. The van der Waals surface area contributed by atoms with Crippen LogP contribution in [-0.2, 0) is 14.0 Å². The Labute approximate surface area is 206 Å². The molecule has 3 atom stereocenters. The minimum absolute atomic E-state index is 0.0833. The maximum atomic E-state index is 13.0. The third kappa shape index (κ3) is 3.73. The number of amides is 1. The van der Waals surface area contributed by atoms with E-state index in [4.69, 9.17) is 19.0 Å². The topological polar surface area (TPSA) is 76.7 Å². The molecule has 3 heterocycles. The van der Waals surface area contributed by atoms with Gasteiger partial charge in [0, 0.05) is 11.4 Å². The van der Waals surface area contributed by atoms with Gasteiger partial charge in [0.1, 0.15) is 11.4 Å². The van der Waals surface area contributed by atoms with Gasteiger partial charge in [-0.2, -0.15) is 0 Å². The fourth-order valence-electron chi connectivity index (χ4n) is 5.40. The predicted molar refractivity (Wildman–Crippen MR) is 137 cm³/mol. The van der Waals surface area contributed by atoms with Gasteiger partial charge in [-0.05, 0) is 84.1 Å². The van der Waals surface area contributed by atoms with E-state index in [-0.39, 0.29) is 29.4 Å². The number of piperidine rings is 1. The van der Waals surface area contributed by atoms with Crippen LogP contribution >= 0.6 is 0 Å². The molecule has 1 amide bonds. The van der Waals surface area contributed by atoms with Crippen molar-refractivity contribution in [3.8, 4) is 0 Å². The third-order valence-electron chi connectivity index (χ3n) is 8.06. The van der Waals surface area contributed by atoms with Gasteiger partial charge in [0.25, 0.3) is 0 Å². The molecule has 1 saturated carbocycles. The number of ether oxygens (including phenoxy) is 1. The highest BCUT2D eigenvalue weighted by Crippen LogP contribution is 2.53.